The molecule has 0 aromatic heterocycles. The van der Waals surface area contributed by atoms with Crippen LogP contribution in [0.5, 0.6) is 0 Å². The summed E-state index contributed by atoms with van der Waals surface area (Å²) in [6, 6.07) is -0.471. The van der Waals surface area contributed by atoms with Gasteiger partial charge in [-0.05, 0) is 43.9 Å². The lowest BCUT2D eigenvalue weighted by atomic mass is 9.64. The van der Waals surface area contributed by atoms with Crippen molar-refractivity contribution in [3.05, 3.63) is 11.8 Å². The van der Waals surface area contributed by atoms with Crippen molar-refractivity contribution in [1.82, 2.24) is 14.7 Å². The van der Waals surface area contributed by atoms with Gasteiger partial charge in [-0.3, -0.25) is 14.5 Å². The summed E-state index contributed by atoms with van der Waals surface area (Å²) in [5.41, 5.74) is 12.5. The first-order valence-electron chi connectivity index (χ1n) is 14.8. The number of ketones is 1. The van der Waals surface area contributed by atoms with Crippen LogP contribution in [0.1, 0.15) is 57.8 Å². The van der Waals surface area contributed by atoms with Gasteiger partial charge >= 0.3 is 0 Å². The van der Waals surface area contributed by atoms with Gasteiger partial charge in [-0.1, -0.05) is 25.7 Å². The van der Waals surface area contributed by atoms with Crippen molar-refractivity contribution in [2.24, 2.45) is 29.2 Å². The van der Waals surface area contributed by atoms with E-state index < -0.39 is 24.2 Å². The van der Waals surface area contributed by atoms with Gasteiger partial charge in [0.1, 0.15) is 6.17 Å². The Bertz CT molecular complexity index is 977. The van der Waals surface area contributed by atoms with Crippen molar-refractivity contribution in [3.63, 3.8) is 0 Å². The Hall–Kier alpha value is -1.55. The van der Waals surface area contributed by atoms with Crippen LogP contribution < -0.4 is 11.5 Å². The number of likely N-dealkylation sites (tertiary alicyclic amines) is 2. The first-order chi connectivity index (χ1) is 17.9. The topological polar surface area (TPSA) is 105 Å². The standard InChI is InChI=1S/C28H42FN5O3/c29-21-11-19-24-27(25(21)32-7-5-17(30)12-32)37-23-10-16-4-2-1-3-15(16)9-22(23)34(24)14-20(26(19)35)28(36)33-8-6-18(31)13-33/h14-19,21-25,27H,1-13,30-31H2/t15?,16?,17-,18-,19?,21?,22?,23?,24?,25?,27?/m1/s1. The maximum atomic E-state index is 16.1. The smallest absolute Gasteiger partial charge is 0.259 e. The molecule has 204 valence electrons. The SMILES string of the molecule is N[C@@H]1CCN(C(=O)C2=CN3C4CC5CCCCC5CC4OC4C(N5CC[C@@H](N)C5)C(F)CC(C2=O)C43)C1. The summed E-state index contributed by atoms with van der Waals surface area (Å²) in [5, 5.41) is 0. The molecule has 9 unspecified atom stereocenters. The molecule has 0 aromatic carbocycles. The number of halogens is 1. The van der Waals surface area contributed by atoms with Crippen molar-refractivity contribution in [2.75, 3.05) is 26.2 Å². The molecule has 3 saturated carbocycles. The minimum absolute atomic E-state index is 0.00587. The molecule has 4 heterocycles. The van der Waals surface area contributed by atoms with Crippen molar-refractivity contribution in [1.29, 1.82) is 0 Å². The summed E-state index contributed by atoms with van der Waals surface area (Å²) in [7, 11) is 0. The molecule has 6 fully saturated rings. The van der Waals surface area contributed by atoms with Gasteiger partial charge in [0.15, 0.2) is 5.78 Å². The van der Waals surface area contributed by atoms with Crippen molar-refractivity contribution < 1.29 is 18.7 Å². The van der Waals surface area contributed by atoms with Crippen LogP contribution in [0, 0.1) is 17.8 Å². The monoisotopic (exact) mass is 515 g/mol. The molecule has 4 aliphatic heterocycles. The number of hydrogen-bond acceptors (Lipinski definition) is 7. The zero-order valence-corrected chi connectivity index (χ0v) is 21.7. The highest BCUT2D eigenvalue weighted by Crippen LogP contribution is 2.51. The summed E-state index contributed by atoms with van der Waals surface area (Å²) >= 11 is 0. The Morgan fingerprint density at radius 2 is 1.68 bits per heavy atom. The number of Topliss-reactive ketones (excluding diaryl/α,β-unsaturated/α-hetero) is 1. The summed E-state index contributed by atoms with van der Waals surface area (Å²) in [4.78, 5) is 33.7. The molecule has 3 saturated heterocycles. The number of nitrogens with zero attached hydrogens (tertiary/aromatic N) is 3. The maximum Gasteiger partial charge on any atom is 0.259 e. The van der Waals surface area contributed by atoms with E-state index in [-0.39, 0.29) is 54.0 Å². The highest BCUT2D eigenvalue weighted by molar-refractivity contribution is 6.20. The molecule has 11 atom stereocenters. The number of amides is 1. The van der Waals surface area contributed by atoms with Gasteiger partial charge in [-0.15, -0.1) is 0 Å². The molecule has 0 radical (unpaired) electrons. The average molecular weight is 516 g/mol. The number of nitrogens with two attached hydrogens (primary N) is 2. The Balaban J connectivity index is 1.26. The van der Waals surface area contributed by atoms with Gasteiger partial charge in [0.05, 0.1) is 35.9 Å². The number of morpholine rings is 1. The summed E-state index contributed by atoms with van der Waals surface area (Å²) < 4.78 is 23.0. The summed E-state index contributed by atoms with van der Waals surface area (Å²) in [6.45, 7) is 2.49. The fraction of sp³-hybridized carbons (Fsp3) is 0.857. The fourth-order valence-electron chi connectivity index (χ4n) is 9.08. The zero-order chi connectivity index (χ0) is 25.4. The fourth-order valence-corrected chi connectivity index (χ4v) is 9.08. The largest absolute Gasteiger partial charge is 0.369 e. The summed E-state index contributed by atoms with van der Waals surface area (Å²) in [6.07, 6.45) is 9.14. The number of fused-ring (bicyclic) bond motifs is 3. The van der Waals surface area contributed by atoms with Crippen LogP contribution in [-0.2, 0) is 14.3 Å². The average Bonchev–Trinajstić information content (AvgIpc) is 3.52. The minimum Gasteiger partial charge on any atom is -0.369 e. The molecule has 9 heteroatoms. The second-order valence-electron chi connectivity index (χ2n) is 13.0. The van der Waals surface area contributed by atoms with Crippen molar-refractivity contribution in [2.45, 2.75) is 106 Å². The van der Waals surface area contributed by atoms with E-state index in [4.69, 9.17) is 16.2 Å². The quantitative estimate of drug-likeness (QED) is 0.532. The second-order valence-corrected chi connectivity index (χ2v) is 13.0. The van der Waals surface area contributed by atoms with E-state index in [0.717, 1.165) is 32.2 Å². The number of rotatable bonds is 2. The highest BCUT2D eigenvalue weighted by Gasteiger charge is 2.61. The third-order valence-corrected chi connectivity index (χ3v) is 10.9. The Labute approximate surface area is 218 Å². The molecule has 7 rings (SSSR count). The van der Waals surface area contributed by atoms with Gasteiger partial charge in [-0.25, -0.2) is 4.39 Å². The van der Waals surface area contributed by atoms with Gasteiger partial charge in [0, 0.05) is 50.4 Å². The van der Waals surface area contributed by atoms with Crippen molar-refractivity contribution >= 4 is 11.7 Å². The Morgan fingerprint density at radius 3 is 2.38 bits per heavy atom. The van der Waals surface area contributed by atoms with Gasteiger partial charge < -0.3 is 26.0 Å². The first kappa shape index (κ1) is 24.5. The molecule has 37 heavy (non-hydrogen) atoms. The molecule has 7 aliphatic rings. The van der Waals surface area contributed by atoms with Crippen LogP contribution in [0.25, 0.3) is 0 Å². The third kappa shape index (κ3) is 3.98. The first-order valence-corrected chi connectivity index (χ1v) is 14.8. The van der Waals surface area contributed by atoms with E-state index in [1.807, 2.05) is 6.20 Å². The number of carbonyl (C=O) groups excluding carboxylic acids is 2. The number of carbonyl (C=O) groups is 2. The number of alkyl halides is 1. The van der Waals surface area contributed by atoms with E-state index in [1.54, 1.807) is 4.90 Å². The predicted octanol–water partition coefficient (Wildman–Crippen LogP) is 1.18. The van der Waals surface area contributed by atoms with Crippen LogP contribution in [-0.4, -0.2) is 101 Å². The molecular formula is C28H42FN5O3. The molecule has 0 spiro atoms. The van der Waals surface area contributed by atoms with E-state index in [2.05, 4.69) is 9.80 Å². The van der Waals surface area contributed by atoms with E-state index in [9.17, 15) is 9.59 Å². The lowest BCUT2D eigenvalue weighted by molar-refractivity contribution is -0.219. The van der Waals surface area contributed by atoms with Crippen LogP contribution >= 0.6 is 0 Å². The van der Waals surface area contributed by atoms with E-state index in [0.29, 0.717) is 31.5 Å². The predicted molar refractivity (Wildman–Crippen MR) is 136 cm³/mol. The number of hydrogen-bond donors (Lipinski definition) is 2. The molecule has 1 amide bonds. The Kier molecular flexibility index (Phi) is 6.14. The lowest BCUT2D eigenvalue weighted by Gasteiger charge is -2.61. The normalized spacial score (nSPS) is 47.8. The number of ether oxygens (including phenoxy) is 1. The molecule has 0 bridgehead atoms. The Morgan fingerprint density at radius 1 is 0.946 bits per heavy atom. The van der Waals surface area contributed by atoms with Gasteiger partial charge in [-0.2, -0.15) is 0 Å². The summed E-state index contributed by atoms with van der Waals surface area (Å²) in [5.74, 6) is 0.334. The molecule has 0 aromatic rings. The van der Waals surface area contributed by atoms with Crippen molar-refractivity contribution in [3.8, 4) is 0 Å². The maximum absolute atomic E-state index is 16.1. The van der Waals surface area contributed by atoms with E-state index in [1.165, 1.54) is 25.7 Å². The van der Waals surface area contributed by atoms with Crippen LogP contribution in [0.4, 0.5) is 4.39 Å². The third-order valence-electron chi connectivity index (χ3n) is 10.9. The van der Waals surface area contributed by atoms with Crippen LogP contribution in [0.2, 0.25) is 0 Å². The molecule has 8 nitrogen and oxygen atoms in total. The molecule has 3 aliphatic carbocycles. The molecular weight excluding hydrogens is 473 g/mol. The second kappa shape index (κ2) is 9.28. The molecule has 4 N–H and O–H groups in total. The van der Waals surface area contributed by atoms with Crippen LogP contribution in [0.3, 0.4) is 0 Å². The lowest BCUT2D eigenvalue weighted by Crippen LogP contribution is -2.73. The van der Waals surface area contributed by atoms with E-state index >= 15 is 4.39 Å². The van der Waals surface area contributed by atoms with Gasteiger partial charge in [0.2, 0.25) is 0 Å². The van der Waals surface area contributed by atoms with Crippen LogP contribution in [0.15, 0.2) is 11.8 Å². The highest BCUT2D eigenvalue weighted by atomic mass is 19.1. The minimum atomic E-state index is -1.18. The van der Waals surface area contributed by atoms with Gasteiger partial charge in [0.25, 0.3) is 5.91 Å². The zero-order valence-electron chi connectivity index (χ0n) is 21.7.